The minimum Gasteiger partial charge on any atom is -0.350 e. The number of rotatable bonds is 3. The average Bonchev–Trinajstić information content (AvgIpc) is 2.49. The highest BCUT2D eigenvalue weighted by Crippen LogP contribution is 2.39. The fraction of sp³-hybridized carbons (Fsp3) is 0.818. The Labute approximate surface area is 99.7 Å². The smallest absolute Gasteiger partial charge is 0.228 e. The van der Waals surface area contributed by atoms with Crippen LogP contribution in [0, 0.1) is 5.41 Å². The number of carbonyl (C=O) groups is 2. The van der Waals surface area contributed by atoms with Crippen molar-refractivity contribution in [2.24, 2.45) is 5.41 Å². The summed E-state index contributed by atoms with van der Waals surface area (Å²) in [5.74, 6) is 1.01. The summed E-state index contributed by atoms with van der Waals surface area (Å²) in [6.45, 7) is 5.73. The number of fused-ring (bicyclic) bond motifs is 1. The Morgan fingerprint density at radius 1 is 1.56 bits per heavy atom. The number of nitrogens with zero attached hydrogens (tertiary/aromatic N) is 1. The van der Waals surface area contributed by atoms with Crippen LogP contribution in [0.5, 0.6) is 0 Å². The molecule has 2 atom stereocenters. The van der Waals surface area contributed by atoms with E-state index in [1.165, 1.54) is 0 Å². The number of hydrogen-bond donors (Lipinski definition) is 0. The molecule has 2 saturated heterocycles. The van der Waals surface area contributed by atoms with Crippen LogP contribution < -0.4 is 0 Å². The molecule has 2 rings (SSSR count). The predicted molar refractivity (Wildman–Crippen MR) is 61.9 cm³/mol. The van der Waals surface area contributed by atoms with E-state index < -0.39 is 0 Å². The Morgan fingerprint density at radius 3 is 2.81 bits per heavy atom. The Balaban J connectivity index is 1.83. The van der Waals surface area contributed by atoms with Crippen LogP contribution >= 0.6 is 11.8 Å². The van der Waals surface area contributed by atoms with Crippen molar-refractivity contribution in [2.45, 2.75) is 38.8 Å². The van der Waals surface area contributed by atoms with E-state index in [-0.39, 0.29) is 29.9 Å². The lowest BCUT2D eigenvalue weighted by Gasteiger charge is -2.37. The lowest BCUT2D eigenvalue weighted by Crippen LogP contribution is -2.52. The second kappa shape index (κ2) is 4.04. The van der Waals surface area contributed by atoms with Gasteiger partial charge < -0.3 is 9.64 Å². The zero-order valence-electron chi connectivity index (χ0n) is 9.86. The Bertz CT molecular complexity index is 324. The normalized spacial score (nSPS) is 28.9. The molecule has 2 aliphatic rings. The molecule has 2 aliphatic heterocycles. The molecular formula is C11H17NO3S. The van der Waals surface area contributed by atoms with Gasteiger partial charge in [-0.05, 0) is 0 Å². The van der Waals surface area contributed by atoms with Crippen molar-refractivity contribution in [3.05, 3.63) is 0 Å². The van der Waals surface area contributed by atoms with Gasteiger partial charge in [-0.15, -0.1) is 11.8 Å². The highest BCUT2D eigenvalue weighted by atomic mass is 32.2. The summed E-state index contributed by atoms with van der Waals surface area (Å²) < 4.78 is 5.53. The van der Waals surface area contributed by atoms with Gasteiger partial charge in [0.25, 0.3) is 0 Å². The third kappa shape index (κ3) is 2.11. The van der Waals surface area contributed by atoms with E-state index in [4.69, 9.17) is 4.74 Å². The lowest BCUT2D eigenvalue weighted by molar-refractivity contribution is -0.160. The molecule has 4 nitrogen and oxygen atoms in total. The summed E-state index contributed by atoms with van der Waals surface area (Å²) in [5, 5.41) is 0.294. The number of ether oxygens (including phenoxy) is 1. The molecule has 90 valence electrons. The fourth-order valence-corrected chi connectivity index (χ4v) is 3.00. The Kier molecular flexibility index (Phi) is 3.01. The van der Waals surface area contributed by atoms with Crippen molar-refractivity contribution in [3.8, 4) is 0 Å². The molecular weight excluding hydrogens is 226 g/mol. The van der Waals surface area contributed by atoms with Crippen molar-refractivity contribution in [1.82, 2.24) is 4.90 Å². The van der Waals surface area contributed by atoms with E-state index in [0.29, 0.717) is 11.8 Å². The molecule has 0 bridgehead atoms. The summed E-state index contributed by atoms with van der Waals surface area (Å²) in [6, 6.07) is 0. The highest BCUT2D eigenvalue weighted by molar-refractivity contribution is 8.00. The van der Waals surface area contributed by atoms with Crippen molar-refractivity contribution in [3.63, 3.8) is 0 Å². The van der Waals surface area contributed by atoms with Gasteiger partial charge in [0.2, 0.25) is 5.91 Å². The monoisotopic (exact) mass is 243 g/mol. The molecule has 0 aliphatic carbocycles. The molecule has 2 fully saturated rings. The third-order valence-electron chi connectivity index (χ3n) is 2.93. The van der Waals surface area contributed by atoms with Crippen LogP contribution in [0.15, 0.2) is 0 Å². The maximum absolute atomic E-state index is 11.7. The predicted octanol–water partition coefficient (Wildman–Crippen LogP) is 1.25. The second-order valence-electron chi connectivity index (χ2n) is 5.23. The fourth-order valence-electron chi connectivity index (χ4n) is 1.68. The van der Waals surface area contributed by atoms with Gasteiger partial charge in [-0.2, -0.15) is 0 Å². The number of hydrogen-bond acceptors (Lipinski definition) is 4. The van der Waals surface area contributed by atoms with Crippen molar-refractivity contribution < 1.29 is 14.3 Å². The van der Waals surface area contributed by atoms with Gasteiger partial charge in [0, 0.05) is 11.2 Å². The summed E-state index contributed by atoms with van der Waals surface area (Å²) in [5.41, 5.74) is -0.371. The van der Waals surface area contributed by atoms with Crippen LogP contribution in [-0.2, 0) is 14.3 Å². The summed E-state index contributed by atoms with van der Waals surface area (Å²) in [6.07, 6.45) is 0.431. The van der Waals surface area contributed by atoms with Crippen LogP contribution in [0.3, 0.4) is 0 Å². The van der Waals surface area contributed by atoms with E-state index in [0.717, 1.165) is 5.75 Å². The molecule has 0 aromatic heterocycles. The van der Waals surface area contributed by atoms with E-state index in [1.54, 1.807) is 16.7 Å². The van der Waals surface area contributed by atoms with E-state index >= 15 is 0 Å². The first-order valence-electron chi connectivity index (χ1n) is 5.47. The number of β-lactam (4-membered cyclic amide) rings is 1. The van der Waals surface area contributed by atoms with Gasteiger partial charge in [-0.1, -0.05) is 20.8 Å². The van der Waals surface area contributed by atoms with Gasteiger partial charge in [0.1, 0.15) is 12.8 Å². The van der Waals surface area contributed by atoms with Crippen molar-refractivity contribution in [1.29, 1.82) is 0 Å². The first-order chi connectivity index (χ1) is 7.39. The first kappa shape index (κ1) is 11.9. The van der Waals surface area contributed by atoms with E-state index in [9.17, 15) is 9.59 Å². The lowest BCUT2D eigenvalue weighted by atomic mass is 9.91. The summed E-state index contributed by atoms with van der Waals surface area (Å²) in [4.78, 5) is 24.7. The van der Waals surface area contributed by atoms with Gasteiger partial charge >= 0.3 is 0 Å². The second-order valence-corrected chi connectivity index (χ2v) is 6.44. The summed E-state index contributed by atoms with van der Waals surface area (Å²) in [7, 11) is 0. The van der Waals surface area contributed by atoms with Gasteiger partial charge in [-0.3, -0.25) is 9.59 Å². The molecule has 0 aromatic rings. The van der Waals surface area contributed by atoms with E-state index in [2.05, 4.69) is 0 Å². The molecule has 16 heavy (non-hydrogen) atoms. The SMILES string of the molecule is CC(C)(C)C(=O)COC1CS[C@@H]2CC(=O)N12. The van der Waals surface area contributed by atoms with E-state index in [1.807, 2.05) is 20.8 Å². The number of ketones is 1. The van der Waals surface area contributed by atoms with Crippen LogP contribution in [0.25, 0.3) is 0 Å². The van der Waals surface area contributed by atoms with Crippen LogP contribution in [0.4, 0.5) is 0 Å². The number of Topliss-reactive ketones (excluding diaryl/α,β-unsaturated/α-hetero) is 1. The Hall–Kier alpha value is -0.550. The molecule has 2 heterocycles. The molecule has 1 unspecified atom stereocenters. The van der Waals surface area contributed by atoms with Gasteiger partial charge in [0.05, 0.1) is 11.8 Å². The van der Waals surface area contributed by atoms with Gasteiger partial charge in [0.15, 0.2) is 5.78 Å². The summed E-state index contributed by atoms with van der Waals surface area (Å²) >= 11 is 1.73. The molecule has 0 saturated carbocycles. The molecule has 0 N–H and O–H groups in total. The average molecular weight is 243 g/mol. The van der Waals surface area contributed by atoms with Crippen molar-refractivity contribution in [2.75, 3.05) is 12.4 Å². The highest BCUT2D eigenvalue weighted by Gasteiger charge is 2.47. The maximum atomic E-state index is 11.7. The first-order valence-corrected chi connectivity index (χ1v) is 6.52. The third-order valence-corrected chi connectivity index (χ3v) is 4.19. The maximum Gasteiger partial charge on any atom is 0.228 e. The van der Waals surface area contributed by atoms with Crippen LogP contribution in [-0.4, -0.2) is 40.6 Å². The molecule has 0 aromatic carbocycles. The minimum absolute atomic E-state index is 0.0777. The Morgan fingerprint density at radius 2 is 2.25 bits per heavy atom. The van der Waals surface area contributed by atoms with Crippen LogP contribution in [0.1, 0.15) is 27.2 Å². The van der Waals surface area contributed by atoms with Crippen LogP contribution in [0.2, 0.25) is 0 Å². The topological polar surface area (TPSA) is 46.6 Å². The zero-order chi connectivity index (χ0) is 11.9. The number of thioether (sulfide) groups is 1. The standard InChI is InChI=1S/C11H17NO3S/c1-11(2,3)7(13)5-15-9-6-16-10-4-8(14)12(9)10/h9-10H,4-6H2,1-3H3/t9?,10-/m1/s1. The quantitative estimate of drug-likeness (QED) is 0.700. The largest absolute Gasteiger partial charge is 0.350 e. The number of carbonyl (C=O) groups excluding carboxylic acids is 2. The molecule has 5 heteroatoms. The number of amides is 1. The molecule has 0 radical (unpaired) electrons. The molecule has 1 amide bonds. The van der Waals surface area contributed by atoms with Crippen molar-refractivity contribution >= 4 is 23.5 Å². The zero-order valence-corrected chi connectivity index (χ0v) is 10.7. The molecule has 0 spiro atoms. The minimum atomic E-state index is -0.371. The van der Waals surface area contributed by atoms with Gasteiger partial charge in [-0.25, -0.2) is 0 Å².